The van der Waals surface area contributed by atoms with Crippen LogP contribution in [0.3, 0.4) is 0 Å². The predicted molar refractivity (Wildman–Crippen MR) is 114 cm³/mol. The molecular weight excluding hydrogens is 404 g/mol. The van der Waals surface area contributed by atoms with Gasteiger partial charge >= 0.3 is 0 Å². The fraction of sp³-hybridized carbons (Fsp3) is 0.409. The maximum Gasteiger partial charge on any atom is 0.254 e. The van der Waals surface area contributed by atoms with Gasteiger partial charge in [0, 0.05) is 31.3 Å². The van der Waals surface area contributed by atoms with E-state index in [9.17, 15) is 13.2 Å². The van der Waals surface area contributed by atoms with E-state index >= 15 is 0 Å². The largest absolute Gasteiger partial charge is 0.496 e. The lowest BCUT2D eigenvalue weighted by molar-refractivity contribution is 0.0728. The standard InChI is InChI=1S/C22H28N2O5S/c1-16-9-10-18(15-21(16)30(26,27)24-11-13-29-14-12-24)22(25)23(3)17(2)19-7-5-6-8-20(19)28-4/h5-10,15,17H,11-14H2,1-4H3/t17-/m1/s1. The fourth-order valence-electron chi connectivity index (χ4n) is 3.54. The number of nitrogens with zero attached hydrogens (tertiary/aromatic N) is 2. The molecule has 1 aliphatic rings. The third kappa shape index (κ3) is 4.35. The molecule has 162 valence electrons. The highest BCUT2D eigenvalue weighted by Crippen LogP contribution is 2.30. The van der Waals surface area contributed by atoms with Crippen LogP contribution in [0.25, 0.3) is 0 Å². The molecule has 7 nitrogen and oxygen atoms in total. The van der Waals surface area contributed by atoms with Gasteiger partial charge in [-0.05, 0) is 37.6 Å². The van der Waals surface area contributed by atoms with Crippen molar-refractivity contribution in [3.63, 3.8) is 0 Å². The number of rotatable bonds is 6. The van der Waals surface area contributed by atoms with E-state index in [4.69, 9.17) is 9.47 Å². The summed E-state index contributed by atoms with van der Waals surface area (Å²) in [6.45, 7) is 5.01. The Kier molecular flexibility index (Phi) is 6.80. The molecule has 2 aromatic carbocycles. The molecule has 3 rings (SSSR count). The van der Waals surface area contributed by atoms with Crippen LogP contribution in [-0.4, -0.2) is 64.0 Å². The van der Waals surface area contributed by atoms with Crippen LogP contribution in [0.5, 0.6) is 5.75 Å². The SMILES string of the molecule is COc1ccccc1[C@@H](C)N(C)C(=O)c1ccc(C)c(S(=O)(=O)N2CCOCC2)c1. The lowest BCUT2D eigenvalue weighted by Gasteiger charge is -2.28. The van der Waals surface area contributed by atoms with E-state index in [0.29, 0.717) is 43.2 Å². The van der Waals surface area contributed by atoms with Crippen LogP contribution in [0.15, 0.2) is 47.4 Å². The number of amides is 1. The second-order valence-electron chi connectivity index (χ2n) is 7.33. The number of para-hydroxylation sites is 1. The number of aryl methyl sites for hydroxylation is 1. The van der Waals surface area contributed by atoms with E-state index in [1.54, 1.807) is 38.1 Å². The van der Waals surface area contributed by atoms with Crippen LogP contribution in [0.4, 0.5) is 0 Å². The number of carbonyl (C=O) groups excluding carboxylic acids is 1. The smallest absolute Gasteiger partial charge is 0.254 e. The van der Waals surface area contributed by atoms with Crippen LogP contribution in [-0.2, 0) is 14.8 Å². The first-order chi connectivity index (χ1) is 14.3. The zero-order valence-corrected chi connectivity index (χ0v) is 18.6. The first kappa shape index (κ1) is 22.3. The number of sulfonamides is 1. The van der Waals surface area contributed by atoms with Crippen LogP contribution in [0.2, 0.25) is 0 Å². The Hall–Kier alpha value is -2.42. The molecule has 0 aromatic heterocycles. The average molecular weight is 433 g/mol. The average Bonchev–Trinajstić information content (AvgIpc) is 2.78. The van der Waals surface area contributed by atoms with Crippen molar-refractivity contribution in [3.05, 3.63) is 59.2 Å². The van der Waals surface area contributed by atoms with Gasteiger partial charge in [-0.15, -0.1) is 0 Å². The summed E-state index contributed by atoms with van der Waals surface area (Å²) in [6.07, 6.45) is 0. The molecule has 1 fully saturated rings. The van der Waals surface area contributed by atoms with Crippen molar-refractivity contribution in [2.45, 2.75) is 24.8 Å². The summed E-state index contributed by atoms with van der Waals surface area (Å²) in [5.41, 5.74) is 1.82. The Labute approximate surface area is 178 Å². The van der Waals surface area contributed by atoms with Crippen molar-refractivity contribution < 1.29 is 22.7 Å². The summed E-state index contributed by atoms with van der Waals surface area (Å²) >= 11 is 0. The summed E-state index contributed by atoms with van der Waals surface area (Å²) in [6, 6.07) is 12.1. The maximum atomic E-state index is 13.2. The summed E-state index contributed by atoms with van der Waals surface area (Å²) in [5, 5.41) is 0. The van der Waals surface area contributed by atoms with Gasteiger partial charge in [-0.3, -0.25) is 4.79 Å². The second-order valence-corrected chi connectivity index (χ2v) is 9.24. The number of hydrogen-bond donors (Lipinski definition) is 0. The van der Waals surface area contributed by atoms with Crippen molar-refractivity contribution in [1.82, 2.24) is 9.21 Å². The predicted octanol–water partition coefficient (Wildman–Crippen LogP) is 2.86. The van der Waals surface area contributed by atoms with Crippen molar-refractivity contribution in [2.75, 3.05) is 40.5 Å². The highest BCUT2D eigenvalue weighted by molar-refractivity contribution is 7.89. The molecule has 2 aromatic rings. The molecule has 0 radical (unpaired) electrons. The summed E-state index contributed by atoms with van der Waals surface area (Å²) in [4.78, 5) is 14.9. The molecule has 8 heteroatoms. The van der Waals surface area contributed by atoms with Crippen molar-refractivity contribution >= 4 is 15.9 Å². The van der Waals surface area contributed by atoms with Gasteiger partial charge < -0.3 is 14.4 Å². The number of benzene rings is 2. The van der Waals surface area contributed by atoms with E-state index in [0.717, 1.165) is 5.56 Å². The van der Waals surface area contributed by atoms with Crippen molar-refractivity contribution in [2.24, 2.45) is 0 Å². The van der Waals surface area contributed by atoms with E-state index < -0.39 is 10.0 Å². The number of methoxy groups -OCH3 is 1. The van der Waals surface area contributed by atoms with Gasteiger partial charge in [0.25, 0.3) is 5.91 Å². The summed E-state index contributed by atoms with van der Waals surface area (Å²) in [5.74, 6) is 0.441. The van der Waals surface area contributed by atoms with Gasteiger partial charge in [-0.2, -0.15) is 4.31 Å². The molecule has 1 saturated heterocycles. The zero-order chi connectivity index (χ0) is 21.9. The Morgan fingerprint density at radius 2 is 1.83 bits per heavy atom. The van der Waals surface area contributed by atoms with Crippen LogP contribution < -0.4 is 4.74 Å². The molecule has 1 atom stereocenters. The quantitative estimate of drug-likeness (QED) is 0.702. The number of ether oxygens (including phenoxy) is 2. The zero-order valence-electron chi connectivity index (χ0n) is 17.8. The lowest BCUT2D eigenvalue weighted by Crippen LogP contribution is -2.41. The van der Waals surface area contributed by atoms with Crippen LogP contribution in [0, 0.1) is 6.92 Å². The van der Waals surface area contributed by atoms with Gasteiger partial charge in [0.2, 0.25) is 10.0 Å². The molecule has 0 aliphatic carbocycles. The van der Waals surface area contributed by atoms with Gasteiger partial charge in [-0.25, -0.2) is 8.42 Å². The molecule has 1 heterocycles. The normalized spacial score (nSPS) is 16.1. The monoisotopic (exact) mass is 432 g/mol. The van der Waals surface area contributed by atoms with E-state index in [1.807, 2.05) is 31.2 Å². The minimum atomic E-state index is -3.69. The number of morpholine rings is 1. The number of carbonyl (C=O) groups is 1. The molecule has 0 spiro atoms. The van der Waals surface area contributed by atoms with Crippen molar-refractivity contribution in [1.29, 1.82) is 0 Å². The van der Waals surface area contributed by atoms with Crippen molar-refractivity contribution in [3.8, 4) is 5.75 Å². The lowest BCUT2D eigenvalue weighted by atomic mass is 10.0. The first-order valence-electron chi connectivity index (χ1n) is 9.86. The van der Waals surface area contributed by atoms with Gasteiger partial charge in [0.15, 0.2) is 0 Å². The van der Waals surface area contributed by atoms with Gasteiger partial charge in [0.1, 0.15) is 5.75 Å². The molecule has 1 aliphatic heterocycles. The fourth-order valence-corrected chi connectivity index (χ4v) is 5.20. The molecule has 30 heavy (non-hydrogen) atoms. The molecule has 0 saturated carbocycles. The highest BCUT2D eigenvalue weighted by Gasteiger charge is 2.29. The molecule has 0 bridgehead atoms. The third-order valence-corrected chi connectivity index (χ3v) is 7.55. The Morgan fingerprint density at radius 3 is 2.50 bits per heavy atom. The van der Waals surface area contributed by atoms with Gasteiger partial charge in [-0.1, -0.05) is 24.3 Å². The van der Waals surface area contributed by atoms with E-state index in [2.05, 4.69) is 0 Å². The first-order valence-corrected chi connectivity index (χ1v) is 11.3. The topological polar surface area (TPSA) is 76.2 Å². The minimum Gasteiger partial charge on any atom is -0.496 e. The molecule has 0 N–H and O–H groups in total. The highest BCUT2D eigenvalue weighted by atomic mass is 32.2. The molecule has 0 unspecified atom stereocenters. The minimum absolute atomic E-state index is 0.161. The van der Waals surface area contributed by atoms with Crippen LogP contribution in [0.1, 0.15) is 34.5 Å². The van der Waals surface area contributed by atoms with E-state index in [-0.39, 0.29) is 16.8 Å². The number of hydrogen-bond acceptors (Lipinski definition) is 5. The maximum absolute atomic E-state index is 13.2. The van der Waals surface area contributed by atoms with Gasteiger partial charge in [0.05, 0.1) is 31.3 Å². The second kappa shape index (κ2) is 9.16. The van der Waals surface area contributed by atoms with Crippen LogP contribution >= 0.6 is 0 Å². The molecule has 1 amide bonds. The third-order valence-electron chi connectivity index (χ3n) is 5.51. The summed E-state index contributed by atoms with van der Waals surface area (Å²) in [7, 11) is -0.398. The molecular formula is C22H28N2O5S. The Bertz CT molecular complexity index is 1020. The summed E-state index contributed by atoms with van der Waals surface area (Å²) < 4.78 is 38.3. The Morgan fingerprint density at radius 1 is 1.17 bits per heavy atom. The van der Waals surface area contributed by atoms with E-state index in [1.165, 1.54) is 10.4 Å². The Balaban J connectivity index is 1.90.